The fourth-order valence-electron chi connectivity index (χ4n) is 5.72. The van der Waals surface area contributed by atoms with Crippen LogP contribution < -0.4 is 5.32 Å². The van der Waals surface area contributed by atoms with E-state index in [1.165, 1.54) is 69.8 Å². The fraction of sp³-hybridized carbons (Fsp3) is 0.739. The Hall–Kier alpha value is -0.890. The van der Waals surface area contributed by atoms with Gasteiger partial charge in [0.25, 0.3) is 0 Å². The Labute approximate surface area is 153 Å². The summed E-state index contributed by atoms with van der Waals surface area (Å²) >= 11 is 0. The minimum Gasteiger partial charge on any atom is -0.307 e. The first-order chi connectivity index (χ1) is 12.2. The quantitative estimate of drug-likeness (QED) is 0.541. The third-order valence-electron chi connectivity index (χ3n) is 6.79. The van der Waals surface area contributed by atoms with Crippen LogP contribution in [0.2, 0.25) is 0 Å². The van der Waals surface area contributed by atoms with Crippen LogP contribution in [0.15, 0.2) is 18.2 Å². The van der Waals surface area contributed by atoms with Gasteiger partial charge in [-0.3, -0.25) is 0 Å². The first kappa shape index (κ1) is 18.9. The van der Waals surface area contributed by atoms with E-state index in [0.717, 1.165) is 18.5 Å². The molecule has 1 fully saturated rings. The van der Waals surface area contributed by atoms with Crippen molar-refractivity contribution in [1.29, 1.82) is 0 Å². The lowest BCUT2D eigenvalue weighted by molar-refractivity contribution is 0.0956. The largest absolute Gasteiger partial charge is 0.307 e. The smallest absolute Gasteiger partial charge is 0.126 e. The maximum atomic E-state index is 14.6. The van der Waals surface area contributed by atoms with Crippen molar-refractivity contribution in [1.82, 2.24) is 5.32 Å². The minimum atomic E-state index is 0.00986. The van der Waals surface area contributed by atoms with Gasteiger partial charge in [0.2, 0.25) is 0 Å². The Morgan fingerprint density at radius 3 is 2.64 bits per heavy atom. The highest BCUT2D eigenvalue weighted by Crippen LogP contribution is 2.50. The van der Waals surface area contributed by atoms with E-state index in [0.29, 0.717) is 11.8 Å². The molecule has 1 nitrogen and oxygen atoms in total. The number of benzene rings is 1. The van der Waals surface area contributed by atoms with Gasteiger partial charge in [-0.15, -0.1) is 0 Å². The van der Waals surface area contributed by atoms with Crippen molar-refractivity contribution in [2.45, 2.75) is 90.0 Å². The molecule has 140 valence electrons. The minimum absolute atomic E-state index is 0.00986. The highest BCUT2D eigenvalue weighted by atomic mass is 19.1. The van der Waals surface area contributed by atoms with E-state index in [9.17, 15) is 4.39 Å². The molecule has 0 bridgehead atoms. The molecule has 1 N–H and O–H groups in total. The number of hydrogen-bond acceptors (Lipinski definition) is 1. The average Bonchev–Trinajstić information content (AvgIpc) is 3.16. The molecule has 3 rings (SSSR count). The van der Waals surface area contributed by atoms with Gasteiger partial charge < -0.3 is 5.32 Å². The van der Waals surface area contributed by atoms with Crippen molar-refractivity contribution in [2.75, 3.05) is 6.54 Å². The molecule has 0 radical (unpaired) electrons. The van der Waals surface area contributed by atoms with E-state index < -0.39 is 0 Å². The molecule has 2 heteroatoms. The molecule has 1 aliphatic heterocycles. The summed E-state index contributed by atoms with van der Waals surface area (Å²) in [7, 11) is 0. The summed E-state index contributed by atoms with van der Waals surface area (Å²) in [5.74, 6) is 1.32. The van der Waals surface area contributed by atoms with E-state index in [-0.39, 0.29) is 11.4 Å². The first-order valence-corrected chi connectivity index (χ1v) is 10.8. The zero-order chi connectivity index (χ0) is 17.7. The van der Waals surface area contributed by atoms with Crippen LogP contribution in [0.1, 0.15) is 89.2 Å². The van der Waals surface area contributed by atoms with Gasteiger partial charge in [-0.1, -0.05) is 64.5 Å². The lowest BCUT2D eigenvalue weighted by Crippen LogP contribution is -2.57. The van der Waals surface area contributed by atoms with Crippen molar-refractivity contribution in [3.05, 3.63) is 35.1 Å². The van der Waals surface area contributed by atoms with Gasteiger partial charge in [-0.2, -0.15) is 0 Å². The van der Waals surface area contributed by atoms with Crippen molar-refractivity contribution in [2.24, 2.45) is 11.8 Å². The van der Waals surface area contributed by atoms with Gasteiger partial charge in [0, 0.05) is 12.1 Å². The number of halogens is 1. The lowest BCUT2D eigenvalue weighted by Gasteiger charge is -2.50. The average molecular weight is 346 g/mol. The van der Waals surface area contributed by atoms with Crippen LogP contribution in [0.3, 0.4) is 0 Å². The maximum Gasteiger partial charge on any atom is 0.126 e. The second kappa shape index (κ2) is 8.66. The molecular weight excluding hydrogens is 309 g/mol. The van der Waals surface area contributed by atoms with Crippen LogP contribution in [-0.4, -0.2) is 6.54 Å². The molecule has 0 saturated heterocycles. The monoisotopic (exact) mass is 345 g/mol. The molecule has 1 aromatic carbocycles. The van der Waals surface area contributed by atoms with Crippen LogP contribution in [0.4, 0.5) is 4.39 Å². The topological polar surface area (TPSA) is 12.0 Å². The third-order valence-corrected chi connectivity index (χ3v) is 6.79. The van der Waals surface area contributed by atoms with E-state index in [1.807, 2.05) is 6.07 Å². The predicted octanol–water partition coefficient (Wildman–Crippen LogP) is 6.35. The van der Waals surface area contributed by atoms with Crippen LogP contribution in [0, 0.1) is 17.7 Å². The van der Waals surface area contributed by atoms with Crippen LogP contribution in [0.25, 0.3) is 0 Å². The normalized spacial score (nSPS) is 25.1. The van der Waals surface area contributed by atoms with E-state index in [1.54, 1.807) is 6.07 Å². The molecule has 1 heterocycles. The second-order valence-electron chi connectivity index (χ2n) is 8.27. The zero-order valence-corrected chi connectivity index (χ0v) is 16.2. The van der Waals surface area contributed by atoms with Gasteiger partial charge >= 0.3 is 0 Å². The molecule has 2 atom stereocenters. The molecule has 2 unspecified atom stereocenters. The number of fused-ring (bicyclic) bond motifs is 1. The molecule has 0 spiro atoms. The maximum absolute atomic E-state index is 14.6. The summed E-state index contributed by atoms with van der Waals surface area (Å²) in [5.41, 5.74) is 2.32. The molecular formula is C23H36FN. The van der Waals surface area contributed by atoms with E-state index in [4.69, 9.17) is 0 Å². The number of unbranched alkanes of at least 4 members (excludes halogenated alkanes) is 2. The number of rotatable bonds is 8. The van der Waals surface area contributed by atoms with Crippen molar-refractivity contribution < 1.29 is 4.39 Å². The zero-order valence-electron chi connectivity index (χ0n) is 16.2. The van der Waals surface area contributed by atoms with Gasteiger partial charge in [0.1, 0.15) is 5.82 Å². The summed E-state index contributed by atoms with van der Waals surface area (Å²) < 4.78 is 14.6. The standard InChI is InChI=1S/C23H36FN/c1-3-5-6-11-18(10-4-2)23(19-12-7-8-13-19)21-14-9-15-22(24)20(21)16-17-25-23/h9,14-15,18-19,25H,3-8,10-13,16-17H2,1-2H3. The fourth-order valence-corrected chi connectivity index (χ4v) is 5.72. The highest BCUT2D eigenvalue weighted by molar-refractivity contribution is 5.39. The molecule has 1 saturated carbocycles. The summed E-state index contributed by atoms with van der Waals surface area (Å²) in [6, 6.07) is 5.85. The highest BCUT2D eigenvalue weighted by Gasteiger charge is 2.49. The third kappa shape index (κ3) is 3.65. The van der Waals surface area contributed by atoms with Crippen LogP contribution >= 0.6 is 0 Å². The van der Waals surface area contributed by atoms with Gasteiger partial charge in [0.05, 0.1) is 0 Å². The van der Waals surface area contributed by atoms with Gasteiger partial charge in [-0.05, 0) is 61.1 Å². The number of hydrogen-bond donors (Lipinski definition) is 1. The van der Waals surface area contributed by atoms with Crippen LogP contribution in [-0.2, 0) is 12.0 Å². The molecule has 2 aliphatic rings. The van der Waals surface area contributed by atoms with Gasteiger partial charge in [-0.25, -0.2) is 4.39 Å². The second-order valence-corrected chi connectivity index (χ2v) is 8.27. The Bertz CT molecular complexity index is 549. The summed E-state index contributed by atoms with van der Waals surface area (Å²) in [6.45, 7) is 5.52. The van der Waals surface area contributed by atoms with E-state index >= 15 is 0 Å². The van der Waals surface area contributed by atoms with E-state index in [2.05, 4.69) is 25.2 Å². The summed E-state index contributed by atoms with van der Waals surface area (Å²) in [6.07, 6.45) is 13.8. The molecule has 25 heavy (non-hydrogen) atoms. The lowest BCUT2D eigenvalue weighted by atomic mass is 9.63. The Kier molecular flexibility index (Phi) is 6.55. The number of nitrogens with one attached hydrogen (secondary N) is 1. The summed E-state index contributed by atoms with van der Waals surface area (Å²) in [5, 5.41) is 4.00. The van der Waals surface area contributed by atoms with Crippen molar-refractivity contribution >= 4 is 0 Å². The SMILES string of the molecule is CCCCCC(CCC)C1(C2CCCC2)NCCc2c(F)cccc21. The van der Waals surface area contributed by atoms with Gasteiger partial charge in [0.15, 0.2) is 0 Å². The first-order valence-electron chi connectivity index (χ1n) is 10.8. The van der Waals surface area contributed by atoms with Crippen LogP contribution in [0.5, 0.6) is 0 Å². The predicted molar refractivity (Wildman–Crippen MR) is 104 cm³/mol. The Morgan fingerprint density at radius 2 is 1.92 bits per heavy atom. The molecule has 1 aromatic rings. The molecule has 1 aliphatic carbocycles. The van der Waals surface area contributed by atoms with Crippen molar-refractivity contribution in [3.8, 4) is 0 Å². The Morgan fingerprint density at radius 1 is 1.12 bits per heavy atom. The summed E-state index contributed by atoms with van der Waals surface area (Å²) in [4.78, 5) is 0. The van der Waals surface area contributed by atoms with Crippen molar-refractivity contribution in [3.63, 3.8) is 0 Å². The Balaban J connectivity index is 2.03. The molecule has 0 amide bonds. The molecule has 0 aromatic heterocycles.